The molecule has 22 heavy (non-hydrogen) atoms. The number of hydrogen-bond donors (Lipinski definition) is 2. The molecular formula is C20H26O2. The second-order valence-corrected chi connectivity index (χ2v) is 8.26. The van der Waals surface area contributed by atoms with Gasteiger partial charge in [0, 0.05) is 16.7 Å². The highest BCUT2D eigenvalue weighted by molar-refractivity contribution is 5.45. The van der Waals surface area contributed by atoms with E-state index in [0.717, 1.165) is 19.3 Å². The van der Waals surface area contributed by atoms with E-state index < -0.39 is 5.60 Å². The first-order chi connectivity index (χ1) is 10.3. The zero-order valence-corrected chi connectivity index (χ0v) is 13.7. The van der Waals surface area contributed by atoms with E-state index in [9.17, 15) is 10.2 Å². The van der Waals surface area contributed by atoms with Crippen molar-refractivity contribution < 1.29 is 10.2 Å². The van der Waals surface area contributed by atoms with Crippen LogP contribution >= 0.6 is 0 Å². The van der Waals surface area contributed by atoms with Crippen molar-refractivity contribution in [3.8, 4) is 0 Å². The standard InChI is InChI=1S/C20H26O2/c1-18-9-6-14(21)12-13(18)4-5-15-16(18)7-10-19(2)17(15)8-11-20(19,3)22/h4-6,8-9,11,14,16-17,21-22H,7,10,12H2,1-3H3/t14-,16?,17?,18-,19-,20-/m0/s1. The number of hydrogen-bond acceptors (Lipinski definition) is 2. The largest absolute Gasteiger partial charge is 0.389 e. The quantitative estimate of drug-likeness (QED) is 0.672. The maximum Gasteiger partial charge on any atom is 0.0861 e. The summed E-state index contributed by atoms with van der Waals surface area (Å²) < 4.78 is 0. The number of rotatable bonds is 0. The lowest BCUT2D eigenvalue weighted by Gasteiger charge is -2.54. The Balaban J connectivity index is 1.79. The summed E-state index contributed by atoms with van der Waals surface area (Å²) in [5.41, 5.74) is 2.05. The molecule has 4 rings (SSSR count). The highest BCUT2D eigenvalue weighted by Crippen LogP contribution is 2.62. The smallest absolute Gasteiger partial charge is 0.0861 e. The summed E-state index contributed by atoms with van der Waals surface area (Å²) >= 11 is 0. The van der Waals surface area contributed by atoms with Crippen LogP contribution in [0, 0.1) is 22.7 Å². The molecule has 0 spiro atoms. The van der Waals surface area contributed by atoms with Crippen molar-refractivity contribution in [2.45, 2.75) is 51.7 Å². The second-order valence-electron chi connectivity index (χ2n) is 8.26. The lowest BCUT2D eigenvalue weighted by atomic mass is 9.51. The third-order valence-electron chi connectivity index (χ3n) is 7.16. The van der Waals surface area contributed by atoms with Gasteiger partial charge in [0.1, 0.15) is 0 Å². The van der Waals surface area contributed by atoms with E-state index in [0.29, 0.717) is 11.8 Å². The minimum absolute atomic E-state index is 0.0347. The van der Waals surface area contributed by atoms with Crippen molar-refractivity contribution in [2.75, 3.05) is 0 Å². The zero-order chi connectivity index (χ0) is 15.8. The average molecular weight is 298 g/mol. The van der Waals surface area contributed by atoms with Crippen molar-refractivity contribution in [1.82, 2.24) is 0 Å². The summed E-state index contributed by atoms with van der Waals surface area (Å²) in [6, 6.07) is 0. The van der Waals surface area contributed by atoms with Crippen molar-refractivity contribution in [2.24, 2.45) is 22.7 Å². The third kappa shape index (κ3) is 1.63. The Hall–Kier alpha value is -1.12. The third-order valence-corrected chi connectivity index (χ3v) is 7.16. The van der Waals surface area contributed by atoms with E-state index in [1.807, 2.05) is 19.1 Å². The van der Waals surface area contributed by atoms with Gasteiger partial charge in [0.25, 0.3) is 0 Å². The Bertz CT molecular complexity index is 636. The van der Waals surface area contributed by atoms with Crippen molar-refractivity contribution in [3.05, 3.63) is 47.6 Å². The summed E-state index contributed by atoms with van der Waals surface area (Å²) in [5, 5.41) is 20.7. The van der Waals surface area contributed by atoms with Crippen LogP contribution < -0.4 is 0 Å². The van der Waals surface area contributed by atoms with Crippen LogP contribution in [0.2, 0.25) is 0 Å². The van der Waals surface area contributed by atoms with Crippen molar-refractivity contribution in [1.29, 1.82) is 0 Å². The Morgan fingerprint density at radius 3 is 2.64 bits per heavy atom. The minimum atomic E-state index is -0.715. The maximum atomic E-state index is 10.8. The first kappa shape index (κ1) is 14.5. The molecule has 2 N–H and O–H groups in total. The van der Waals surface area contributed by atoms with Crippen LogP contribution in [0.15, 0.2) is 47.6 Å². The van der Waals surface area contributed by atoms with E-state index >= 15 is 0 Å². The Morgan fingerprint density at radius 1 is 1.09 bits per heavy atom. The Labute approximate surface area is 132 Å². The fourth-order valence-corrected chi connectivity index (χ4v) is 5.30. The van der Waals surface area contributed by atoms with Crippen LogP contribution in [0.4, 0.5) is 0 Å². The summed E-state index contributed by atoms with van der Waals surface area (Å²) in [7, 11) is 0. The van der Waals surface area contributed by atoms with Gasteiger partial charge in [-0.15, -0.1) is 0 Å². The zero-order valence-electron chi connectivity index (χ0n) is 13.7. The first-order valence-corrected chi connectivity index (χ1v) is 8.48. The van der Waals surface area contributed by atoms with Gasteiger partial charge >= 0.3 is 0 Å². The second kappa shape index (κ2) is 4.24. The summed E-state index contributed by atoms with van der Waals surface area (Å²) in [4.78, 5) is 0. The molecule has 0 aromatic rings. The lowest BCUT2D eigenvalue weighted by Crippen LogP contribution is -2.50. The lowest BCUT2D eigenvalue weighted by molar-refractivity contribution is -0.0482. The molecule has 2 unspecified atom stereocenters. The normalized spacial score (nSPS) is 52.5. The minimum Gasteiger partial charge on any atom is -0.389 e. The molecule has 1 saturated carbocycles. The molecular weight excluding hydrogens is 272 g/mol. The van der Waals surface area contributed by atoms with Gasteiger partial charge in [-0.3, -0.25) is 0 Å². The predicted octanol–water partition coefficient (Wildman–Crippen LogP) is 3.53. The van der Waals surface area contributed by atoms with E-state index in [4.69, 9.17) is 0 Å². The van der Waals surface area contributed by atoms with Crippen LogP contribution in [0.3, 0.4) is 0 Å². The van der Waals surface area contributed by atoms with Crippen LogP contribution in [0.1, 0.15) is 40.0 Å². The molecule has 118 valence electrons. The van der Waals surface area contributed by atoms with Gasteiger partial charge in [-0.05, 0) is 32.1 Å². The van der Waals surface area contributed by atoms with E-state index in [1.165, 1.54) is 11.1 Å². The number of aliphatic hydroxyl groups excluding tert-OH is 1. The molecule has 4 aliphatic carbocycles. The number of allylic oxidation sites excluding steroid dienone is 5. The van der Waals surface area contributed by atoms with Gasteiger partial charge in [0.2, 0.25) is 0 Å². The van der Waals surface area contributed by atoms with E-state index in [-0.39, 0.29) is 16.9 Å². The van der Waals surface area contributed by atoms with Crippen LogP contribution in [-0.2, 0) is 0 Å². The summed E-state index contributed by atoms with van der Waals surface area (Å²) in [6.07, 6.45) is 15.5. The molecule has 0 heterocycles. The highest BCUT2D eigenvalue weighted by atomic mass is 16.3. The average Bonchev–Trinajstić information content (AvgIpc) is 2.70. The maximum absolute atomic E-state index is 10.8. The number of fused-ring (bicyclic) bond motifs is 5. The highest BCUT2D eigenvalue weighted by Gasteiger charge is 2.57. The molecule has 0 aliphatic heterocycles. The fourth-order valence-electron chi connectivity index (χ4n) is 5.30. The molecule has 6 atom stereocenters. The molecule has 2 heteroatoms. The first-order valence-electron chi connectivity index (χ1n) is 8.48. The predicted molar refractivity (Wildman–Crippen MR) is 88.1 cm³/mol. The van der Waals surface area contributed by atoms with E-state index in [1.54, 1.807) is 0 Å². The topological polar surface area (TPSA) is 40.5 Å². The molecule has 2 nitrogen and oxygen atoms in total. The van der Waals surface area contributed by atoms with Crippen molar-refractivity contribution >= 4 is 0 Å². The molecule has 0 saturated heterocycles. The van der Waals surface area contributed by atoms with E-state index in [2.05, 4.69) is 38.2 Å². The van der Waals surface area contributed by atoms with Gasteiger partial charge in [0.05, 0.1) is 11.7 Å². The van der Waals surface area contributed by atoms with Gasteiger partial charge < -0.3 is 10.2 Å². The summed E-state index contributed by atoms with van der Waals surface area (Å²) in [6.45, 7) is 6.50. The van der Waals surface area contributed by atoms with Crippen LogP contribution in [0.25, 0.3) is 0 Å². The molecule has 0 aromatic heterocycles. The Kier molecular flexibility index (Phi) is 2.79. The van der Waals surface area contributed by atoms with Crippen LogP contribution in [0.5, 0.6) is 0 Å². The van der Waals surface area contributed by atoms with Crippen LogP contribution in [-0.4, -0.2) is 21.9 Å². The van der Waals surface area contributed by atoms with Crippen molar-refractivity contribution in [3.63, 3.8) is 0 Å². The van der Waals surface area contributed by atoms with Gasteiger partial charge in [-0.25, -0.2) is 0 Å². The molecule has 0 amide bonds. The fraction of sp³-hybridized carbons (Fsp3) is 0.600. The van der Waals surface area contributed by atoms with Gasteiger partial charge in [-0.1, -0.05) is 61.4 Å². The monoisotopic (exact) mass is 298 g/mol. The van der Waals surface area contributed by atoms with Gasteiger partial charge in [0.15, 0.2) is 0 Å². The SMILES string of the molecule is C[C@]12C=C[C@H](O)CC1=CC=C1C2CC[C@@]2(C)C1C=C[C@]2(C)O. The molecule has 0 bridgehead atoms. The molecule has 4 aliphatic rings. The molecule has 0 aromatic carbocycles. The summed E-state index contributed by atoms with van der Waals surface area (Å²) in [5.74, 6) is 0.823. The Morgan fingerprint density at radius 2 is 1.86 bits per heavy atom. The number of aliphatic hydroxyl groups is 2. The molecule has 1 fully saturated rings. The molecule has 0 radical (unpaired) electrons. The van der Waals surface area contributed by atoms with Gasteiger partial charge in [-0.2, -0.15) is 0 Å².